The first-order valence-corrected chi connectivity index (χ1v) is 7.04. The number of anilines is 1. The van der Waals surface area contributed by atoms with Crippen LogP contribution in [-0.4, -0.2) is 34.9 Å². The molecule has 0 atom stereocenters. The molecule has 0 aliphatic carbocycles. The predicted molar refractivity (Wildman–Crippen MR) is 76.9 cm³/mol. The molecule has 0 unspecified atom stereocenters. The molecule has 0 aromatic carbocycles. The molecule has 2 heterocycles. The quantitative estimate of drug-likeness (QED) is 0.905. The van der Waals surface area contributed by atoms with E-state index in [1.54, 1.807) is 12.3 Å². The van der Waals surface area contributed by atoms with Gasteiger partial charge in [0.2, 0.25) is 5.91 Å². The minimum Gasteiger partial charge on any atom is -0.365 e. The first kappa shape index (κ1) is 14.8. The minimum absolute atomic E-state index is 0.170. The lowest BCUT2D eigenvalue weighted by Crippen LogP contribution is -2.46. The average Bonchev–Trinajstić information content (AvgIpc) is 2.40. The number of carbonyl (C=O) groups is 1. The van der Waals surface area contributed by atoms with E-state index in [4.69, 9.17) is 0 Å². The summed E-state index contributed by atoms with van der Waals surface area (Å²) in [4.78, 5) is 18.1. The third kappa shape index (κ3) is 3.46. The number of nitrogens with one attached hydrogen (secondary N) is 1. The summed E-state index contributed by atoms with van der Waals surface area (Å²) < 4.78 is 13.5. The Hall–Kier alpha value is -1.65. The van der Waals surface area contributed by atoms with E-state index in [1.807, 2.05) is 25.7 Å². The van der Waals surface area contributed by atoms with Crippen molar-refractivity contribution in [2.75, 3.05) is 18.4 Å². The molecular weight excluding hydrogens is 257 g/mol. The Morgan fingerprint density at radius 2 is 2.05 bits per heavy atom. The predicted octanol–water partition coefficient (Wildman–Crippen LogP) is 2.67. The van der Waals surface area contributed by atoms with Gasteiger partial charge >= 0.3 is 0 Å². The van der Waals surface area contributed by atoms with Crippen LogP contribution in [0.3, 0.4) is 0 Å². The van der Waals surface area contributed by atoms with Crippen molar-refractivity contribution in [3.63, 3.8) is 0 Å². The Morgan fingerprint density at radius 3 is 2.60 bits per heavy atom. The van der Waals surface area contributed by atoms with Gasteiger partial charge in [-0.15, -0.1) is 0 Å². The van der Waals surface area contributed by atoms with Crippen molar-refractivity contribution >= 4 is 11.7 Å². The van der Waals surface area contributed by atoms with Crippen LogP contribution in [0.2, 0.25) is 0 Å². The molecule has 110 valence electrons. The highest BCUT2D eigenvalue weighted by molar-refractivity contribution is 5.81. The number of amides is 1. The summed E-state index contributed by atoms with van der Waals surface area (Å²) in [5.74, 6) is 0.147. The van der Waals surface area contributed by atoms with Gasteiger partial charge in [-0.05, 0) is 25.0 Å². The van der Waals surface area contributed by atoms with Gasteiger partial charge in [0.25, 0.3) is 0 Å². The largest absolute Gasteiger partial charge is 0.365 e. The van der Waals surface area contributed by atoms with Gasteiger partial charge in [-0.25, -0.2) is 9.37 Å². The molecule has 0 saturated carbocycles. The zero-order valence-electron chi connectivity index (χ0n) is 12.3. The molecule has 1 saturated heterocycles. The summed E-state index contributed by atoms with van der Waals surface area (Å²) in [5, 5.41) is 3.12. The number of aromatic nitrogens is 1. The third-order valence-electron chi connectivity index (χ3n) is 3.52. The van der Waals surface area contributed by atoms with Crippen molar-refractivity contribution in [3.8, 4) is 0 Å². The van der Waals surface area contributed by atoms with Crippen molar-refractivity contribution in [1.82, 2.24) is 9.88 Å². The van der Waals surface area contributed by atoms with Gasteiger partial charge < -0.3 is 10.2 Å². The SMILES string of the molecule is CC(C)(C)C(=O)N1CCC(Nc2ncccc2F)CC1. The molecule has 2 rings (SSSR count). The van der Waals surface area contributed by atoms with Crippen molar-refractivity contribution in [3.05, 3.63) is 24.1 Å². The van der Waals surface area contributed by atoms with E-state index in [-0.39, 0.29) is 23.2 Å². The van der Waals surface area contributed by atoms with Crippen molar-refractivity contribution in [2.24, 2.45) is 5.41 Å². The fraction of sp³-hybridized carbons (Fsp3) is 0.600. The molecule has 1 aliphatic rings. The Bertz CT molecular complexity index is 476. The van der Waals surface area contributed by atoms with Crippen LogP contribution in [0, 0.1) is 11.2 Å². The van der Waals surface area contributed by atoms with Gasteiger partial charge in [0.15, 0.2) is 11.6 Å². The number of halogens is 1. The van der Waals surface area contributed by atoms with E-state index in [1.165, 1.54) is 6.07 Å². The fourth-order valence-electron chi connectivity index (χ4n) is 2.39. The number of nitrogens with zero attached hydrogens (tertiary/aromatic N) is 2. The van der Waals surface area contributed by atoms with E-state index in [9.17, 15) is 9.18 Å². The number of pyridine rings is 1. The zero-order chi connectivity index (χ0) is 14.8. The van der Waals surface area contributed by atoms with Gasteiger partial charge in [0, 0.05) is 30.7 Å². The summed E-state index contributed by atoms with van der Waals surface area (Å²) in [6.45, 7) is 7.22. The normalized spacial score (nSPS) is 17.1. The molecule has 4 nitrogen and oxygen atoms in total. The summed E-state index contributed by atoms with van der Waals surface area (Å²) in [6, 6.07) is 3.14. The topological polar surface area (TPSA) is 45.2 Å². The van der Waals surface area contributed by atoms with Crippen LogP contribution in [0.4, 0.5) is 10.2 Å². The molecule has 20 heavy (non-hydrogen) atoms. The maximum absolute atomic E-state index is 13.5. The van der Waals surface area contributed by atoms with E-state index in [2.05, 4.69) is 10.3 Å². The third-order valence-corrected chi connectivity index (χ3v) is 3.52. The maximum atomic E-state index is 13.5. The number of carbonyl (C=O) groups excluding carboxylic acids is 1. The number of hydrogen-bond acceptors (Lipinski definition) is 3. The first-order chi connectivity index (χ1) is 9.38. The van der Waals surface area contributed by atoms with Gasteiger partial charge in [-0.1, -0.05) is 20.8 Å². The first-order valence-electron chi connectivity index (χ1n) is 7.04. The molecule has 1 fully saturated rings. The highest BCUT2D eigenvalue weighted by Gasteiger charge is 2.30. The summed E-state index contributed by atoms with van der Waals surface area (Å²) >= 11 is 0. The van der Waals surface area contributed by atoms with E-state index in [0.717, 1.165) is 12.8 Å². The standard InChI is InChI=1S/C15H22FN3O/c1-15(2,3)14(20)19-9-6-11(7-10-19)18-13-12(16)5-4-8-17-13/h4-5,8,11H,6-7,9-10H2,1-3H3,(H,17,18). The summed E-state index contributed by atoms with van der Waals surface area (Å²) in [6.07, 6.45) is 3.21. The van der Waals surface area contributed by atoms with Gasteiger partial charge in [0.1, 0.15) is 0 Å². The minimum atomic E-state index is -0.340. The van der Waals surface area contributed by atoms with Gasteiger partial charge in [0.05, 0.1) is 0 Å². The second kappa shape index (κ2) is 5.77. The van der Waals surface area contributed by atoms with Gasteiger partial charge in [-0.2, -0.15) is 0 Å². The number of piperidine rings is 1. The van der Waals surface area contributed by atoms with Crippen LogP contribution >= 0.6 is 0 Å². The molecule has 1 amide bonds. The molecule has 1 aromatic heterocycles. The molecule has 1 aromatic rings. The lowest BCUT2D eigenvalue weighted by atomic mass is 9.93. The number of likely N-dealkylation sites (tertiary alicyclic amines) is 1. The second-order valence-corrected chi connectivity index (χ2v) is 6.29. The highest BCUT2D eigenvalue weighted by atomic mass is 19.1. The van der Waals surface area contributed by atoms with E-state index in [0.29, 0.717) is 18.9 Å². The smallest absolute Gasteiger partial charge is 0.227 e. The molecular formula is C15H22FN3O. The zero-order valence-corrected chi connectivity index (χ0v) is 12.3. The molecule has 5 heteroatoms. The van der Waals surface area contributed by atoms with Crippen LogP contribution in [0.15, 0.2) is 18.3 Å². The highest BCUT2D eigenvalue weighted by Crippen LogP contribution is 2.22. The Morgan fingerprint density at radius 1 is 1.40 bits per heavy atom. The summed E-state index contributed by atoms with van der Waals surface area (Å²) in [7, 11) is 0. The van der Waals surface area contributed by atoms with Crippen molar-refractivity contribution in [1.29, 1.82) is 0 Å². The lowest BCUT2D eigenvalue weighted by molar-refractivity contribution is -0.140. The van der Waals surface area contributed by atoms with Crippen LogP contribution in [-0.2, 0) is 4.79 Å². The maximum Gasteiger partial charge on any atom is 0.227 e. The van der Waals surface area contributed by atoms with Crippen LogP contribution < -0.4 is 5.32 Å². The second-order valence-electron chi connectivity index (χ2n) is 6.29. The Kier molecular flexibility index (Phi) is 4.26. The Balaban J connectivity index is 1.89. The monoisotopic (exact) mass is 279 g/mol. The summed E-state index contributed by atoms with van der Waals surface area (Å²) in [5.41, 5.74) is -0.340. The van der Waals surface area contributed by atoms with Crippen molar-refractivity contribution < 1.29 is 9.18 Å². The van der Waals surface area contributed by atoms with Crippen LogP contribution in [0.25, 0.3) is 0 Å². The van der Waals surface area contributed by atoms with Gasteiger partial charge in [-0.3, -0.25) is 4.79 Å². The average molecular weight is 279 g/mol. The van der Waals surface area contributed by atoms with E-state index < -0.39 is 0 Å². The molecule has 0 spiro atoms. The van der Waals surface area contributed by atoms with Crippen LogP contribution in [0.1, 0.15) is 33.6 Å². The molecule has 0 bridgehead atoms. The lowest BCUT2D eigenvalue weighted by Gasteiger charge is -2.36. The molecule has 1 N–H and O–H groups in total. The molecule has 1 aliphatic heterocycles. The van der Waals surface area contributed by atoms with Crippen molar-refractivity contribution in [2.45, 2.75) is 39.7 Å². The number of hydrogen-bond donors (Lipinski definition) is 1. The fourth-order valence-corrected chi connectivity index (χ4v) is 2.39. The number of rotatable bonds is 2. The van der Waals surface area contributed by atoms with E-state index >= 15 is 0 Å². The van der Waals surface area contributed by atoms with Crippen LogP contribution in [0.5, 0.6) is 0 Å². The Labute approximate surface area is 119 Å². The molecule has 0 radical (unpaired) electrons.